The maximum atomic E-state index is 4.28. The number of aromatic nitrogens is 2. The van der Waals surface area contributed by atoms with Crippen molar-refractivity contribution in [1.29, 1.82) is 0 Å². The lowest BCUT2D eigenvalue weighted by atomic mass is 10.2. The third-order valence-electron chi connectivity index (χ3n) is 3.10. The minimum absolute atomic E-state index is 0.845. The van der Waals surface area contributed by atoms with Crippen LogP contribution in [0.3, 0.4) is 0 Å². The molecule has 0 atom stereocenters. The van der Waals surface area contributed by atoms with Gasteiger partial charge < -0.3 is 4.57 Å². The molecule has 0 saturated carbocycles. The van der Waals surface area contributed by atoms with Crippen molar-refractivity contribution in [2.24, 2.45) is 17.3 Å². The maximum absolute atomic E-state index is 4.28. The van der Waals surface area contributed by atoms with Gasteiger partial charge in [0.1, 0.15) is 0 Å². The van der Waals surface area contributed by atoms with E-state index >= 15 is 0 Å². The van der Waals surface area contributed by atoms with Gasteiger partial charge in [-0.1, -0.05) is 34.1 Å². The molecule has 0 aliphatic rings. The molecule has 6 heteroatoms. The average molecular weight is 373 g/mol. The van der Waals surface area contributed by atoms with Crippen LogP contribution in [-0.2, 0) is 7.05 Å². The highest BCUT2D eigenvalue weighted by atomic mass is 79.9. The zero-order valence-corrected chi connectivity index (χ0v) is 14.3. The van der Waals surface area contributed by atoms with Crippen molar-refractivity contribution < 1.29 is 0 Å². The number of pyridine rings is 1. The quantitative estimate of drug-likeness (QED) is 0.508. The molecule has 0 unspecified atom stereocenters. The van der Waals surface area contributed by atoms with E-state index < -0.39 is 0 Å². The number of thiazole rings is 1. The molecule has 0 radical (unpaired) electrons. The Morgan fingerprint density at radius 3 is 2.77 bits per heavy atom. The van der Waals surface area contributed by atoms with Crippen molar-refractivity contribution in [3.05, 3.63) is 69.0 Å². The van der Waals surface area contributed by atoms with E-state index in [0.29, 0.717) is 0 Å². The molecule has 3 aromatic rings. The highest BCUT2D eigenvalue weighted by Crippen LogP contribution is 2.21. The molecule has 0 aliphatic carbocycles. The third kappa shape index (κ3) is 3.40. The molecule has 0 fully saturated rings. The first-order valence-corrected chi connectivity index (χ1v) is 8.29. The number of halogens is 1. The molecule has 1 aromatic carbocycles. The Hall–Kier alpha value is -2.05. The van der Waals surface area contributed by atoms with Gasteiger partial charge in [0.05, 0.1) is 11.9 Å². The van der Waals surface area contributed by atoms with Gasteiger partial charge in [-0.05, 0) is 23.8 Å². The summed E-state index contributed by atoms with van der Waals surface area (Å²) in [5.74, 6) is 0. The number of rotatable bonds is 3. The van der Waals surface area contributed by atoms with Crippen molar-refractivity contribution in [2.75, 3.05) is 0 Å². The van der Waals surface area contributed by atoms with Crippen LogP contribution in [0.1, 0.15) is 5.56 Å². The van der Waals surface area contributed by atoms with Gasteiger partial charge in [0.25, 0.3) is 0 Å². The summed E-state index contributed by atoms with van der Waals surface area (Å²) < 4.78 is 3.11. The molecule has 0 spiro atoms. The summed E-state index contributed by atoms with van der Waals surface area (Å²) in [6.45, 7) is 0. The van der Waals surface area contributed by atoms with Crippen LogP contribution in [0.5, 0.6) is 0 Å². The molecule has 0 aliphatic heterocycles. The highest BCUT2D eigenvalue weighted by Gasteiger charge is 2.04. The van der Waals surface area contributed by atoms with Gasteiger partial charge in [-0.15, -0.1) is 16.4 Å². The Bertz CT molecular complexity index is 848. The first-order chi connectivity index (χ1) is 10.7. The number of hydrogen-bond donors (Lipinski definition) is 0. The maximum Gasteiger partial charge on any atom is 0.210 e. The minimum atomic E-state index is 0.845. The van der Waals surface area contributed by atoms with Crippen molar-refractivity contribution in [2.45, 2.75) is 0 Å². The smallest absolute Gasteiger partial charge is 0.210 e. The highest BCUT2D eigenvalue weighted by molar-refractivity contribution is 9.10. The molecule has 0 bridgehead atoms. The van der Waals surface area contributed by atoms with E-state index in [0.717, 1.165) is 26.1 Å². The van der Waals surface area contributed by atoms with Gasteiger partial charge in [-0.2, -0.15) is 5.10 Å². The minimum Gasteiger partial charge on any atom is -0.318 e. The van der Waals surface area contributed by atoms with Gasteiger partial charge in [0, 0.05) is 34.9 Å². The Kier molecular flexibility index (Phi) is 4.60. The van der Waals surface area contributed by atoms with Crippen LogP contribution in [0.4, 0.5) is 0 Å². The normalized spacial score (nSPS) is 12.2. The molecule has 3 rings (SSSR count). The molecule has 0 saturated heterocycles. The molecule has 0 amide bonds. The Morgan fingerprint density at radius 1 is 1.23 bits per heavy atom. The summed E-state index contributed by atoms with van der Waals surface area (Å²) in [5, 5.41) is 10.5. The van der Waals surface area contributed by atoms with E-state index in [2.05, 4.69) is 48.6 Å². The van der Waals surface area contributed by atoms with Crippen molar-refractivity contribution >= 4 is 33.5 Å². The van der Waals surface area contributed by atoms with E-state index in [1.54, 1.807) is 29.9 Å². The molecule has 2 heterocycles. The van der Waals surface area contributed by atoms with Gasteiger partial charge in [-0.3, -0.25) is 4.98 Å². The second-order valence-electron chi connectivity index (χ2n) is 4.60. The van der Waals surface area contributed by atoms with Crippen LogP contribution < -0.4 is 4.80 Å². The molecule has 110 valence electrons. The van der Waals surface area contributed by atoms with Gasteiger partial charge in [-0.25, -0.2) is 0 Å². The number of nitrogens with zero attached hydrogens (tertiary/aromatic N) is 4. The van der Waals surface area contributed by atoms with Crippen LogP contribution in [0.25, 0.3) is 11.3 Å². The van der Waals surface area contributed by atoms with Crippen LogP contribution >= 0.6 is 27.3 Å². The van der Waals surface area contributed by atoms with E-state index in [-0.39, 0.29) is 0 Å². The summed E-state index contributed by atoms with van der Waals surface area (Å²) in [6.07, 6.45) is 5.19. The fraction of sp³-hybridized carbons (Fsp3) is 0.0625. The zero-order valence-electron chi connectivity index (χ0n) is 11.8. The van der Waals surface area contributed by atoms with E-state index in [4.69, 9.17) is 0 Å². The molecule has 22 heavy (non-hydrogen) atoms. The van der Waals surface area contributed by atoms with E-state index in [1.807, 2.05) is 35.9 Å². The largest absolute Gasteiger partial charge is 0.318 e. The van der Waals surface area contributed by atoms with Gasteiger partial charge >= 0.3 is 0 Å². The summed E-state index contributed by atoms with van der Waals surface area (Å²) >= 11 is 5.02. The van der Waals surface area contributed by atoms with Gasteiger partial charge in [0.2, 0.25) is 4.80 Å². The monoisotopic (exact) mass is 372 g/mol. The summed E-state index contributed by atoms with van der Waals surface area (Å²) in [6, 6.07) is 12.0. The topological polar surface area (TPSA) is 42.5 Å². The molecule has 0 N–H and O–H groups in total. The lowest BCUT2D eigenvalue weighted by Gasteiger charge is -2.02. The third-order valence-corrected chi connectivity index (χ3v) is 4.53. The van der Waals surface area contributed by atoms with Gasteiger partial charge in [0.15, 0.2) is 0 Å². The molecule has 4 nitrogen and oxygen atoms in total. The van der Waals surface area contributed by atoms with Crippen molar-refractivity contribution in [1.82, 2.24) is 9.55 Å². The fourth-order valence-corrected chi connectivity index (χ4v) is 3.07. The standard InChI is InChI=1S/C16H13BrN4S/c1-21-15(13-4-6-14(17)7-5-13)11-22-16(21)20-19-10-12-3-2-8-18-9-12/h2-11H,1H3/b19-10-,20-16+. The lowest BCUT2D eigenvalue weighted by Crippen LogP contribution is -2.10. The van der Waals surface area contributed by atoms with Crippen LogP contribution in [0.2, 0.25) is 0 Å². The van der Waals surface area contributed by atoms with Crippen LogP contribution in [-0.4, -0.2) is 15.8 Å². The van der Waals surface area contributed by atoms with Crippen molar-refractivity contribution in [3.63, 3.8) is 0 Å². The average Bonchev–Trinajstić information content (AvgIpc) is 2.90. The summed E-state index contributed by atoms with van der Waals surface area (Å²) in [7, 11) is 1.99. The first kappa shape index (κ1) is 14.9. The Balaban J connectivity index is 1.88. The van der Waals surface area contributed by atoms with E-state index in [1.165, 1.54) is 0 Å². The zero-order chi connectivity index (χ0) is 15.4. The second-order valence-corrected chi connectivity index (χ2v) is 6.35. The number of benzene rings is 1. The molecule has 2 aromatic heterocycles. The first-order valence-electron chi connectivity index (χ1n) is 6.61. The van der Waals surface area contributed by atoms with Crippen LogP contribution in [0, 0.1) is 0 Å². The Labute approximate surface area is 140 Å². The molecular formula is C16H13BrN4S. The van der Waals surface area contributed by atoms with Crippen molar-refractivity contribution in [3.8, 4) is 11.3 Å². The summed E-state index contributed by atoms with van der Waals surface area (Å²) in [4.78, 5) is 4.88. The summed E-state index contributed by atoms with van der Waals surface area (Å²) in [5.41, 5.74) is 3.20. The lowest BCUT2D eigenvalue weighted by molar-refractivity contribution is 0.864. The number of hydrogen-bond acceptors (Lipinski definition) is 4. The molecular weight excluding hydrogens is 360 g/mol. The SMILES string of the molecule is Cn1c(-c2ccc(Br)cc2)cs/c1=N/N=C\c1cccnc1. The second kappa shape index (κ2) is 6.81. The predicted molar refractivity (Wildman–Crippen MR) is 93.8 cm³/mol. The predicted octanol–water partition coefficient (Wildman–Crippen LogP) is 3.85. The Morgan fingerprint density at radius 2 is 2.05 bits per heavy atom. The van der Waals surface area contributed by atoms with Crippen LogP contribution in [0.15, 0.2) is 68.8 Å². The fourth-order valence-electron chi connectivity index (χ4n) is 1.94. The van der Waals surface area contributed by atoms with E-state index in [9.17, 15) is 0 Å².